The van der Waals surface area contributed by atoms with Gasteiger partial charge in [0.05, 0.1) is 19.3 Å². The van der Waals surface area contributed by atoms with E-state index in [0.717, 1.165) is 12.8 Å². The number of hydrogen-bond acceptors (Lipinski definition) is 4. The van der Waals surface area contributed by atoms with E-state index in [1.165, 1.54) is 0 Å². The van der Waals surface area contributed by atoms with Crippen LogP contribution in [-0.4, -0.2) is 50.5 Å². The Morgan fingerprint density at radius 2 is 2.27 bits per heavy atom. The first-order valence-electron chi connectivity index (χ1n) is 5.36. The van der Waals surface area contributed by atoms with Gasteiger partial charge in [0.1, 0.15) is 0 Å². The van der Waals surface area contributed by atoms with E-state index in [-0.39, 0.29) is 12.0 Å². The monoisotopic (exact) mass is 216 g/mol. The van der Waals surface area contributed by atoms with E-state index in [4.69, 9.17) is 9.84 Å². The van der Waals surface area contributed by atoms with E-state index >= 15 is 0 Å². The lowest BCUT2D eigenvalue weighted by molar-refractivity contribution is -0.120. The van der Waals surface area contributed by atoms with E-state index < -0.39 is 0 Å². The van der Waals surface area contributed by atoms with Crippen LogP contribution in [0.1, 0.15) is 12.8 Å². The first-order chi connectivity index (χ1) is 7.22. The fraction of sp³-hybridized carbons (Fsp3) is 0.900. The number of carbonyl (C=O) groups is 1. The van der Waals surface area contributed by atoms with Crippen LogP contribution in [0.25, 0.3) is 0 Å². The second kappa shape index (κ2) is 6.76. The van der Waals surface area contributed by atoms with Crippen molar-refractivity contribution in [1.29, 1.82) is 0 Å². The summed E-state index contributed by atoms with van der Waals surface area (Å²) in [4.78, 5) is 11.3. The lowest BCUT2D eigenvalue weighted by Crippen LogP contribution is -2.41. The maximum atomic E-state index is 11.3. The fourth-order valence-corrected chi connectivity index (χ4v) is 1.56. The highest BCUT2D eigenvalue weighted by Crippen LogP contribution is 2.25. The van der Waals surface area contributed by atoms with E-state index in [9.17, 15) is 4.79 Å². The third-order valence-corrected chi connectivity index (χ3v) is 2.57. The molecule has 0 heterocycles. The number of rotatable bonds is 7. The lowest BCUT2D eigenvalue weighted by atomic mass is 9.82. The van der Waals surface area contributed by atoms with Crippen molar-refractivity contribution in [3.05, 3.63) is 0 Å². The van der Waals surface area contributed by atoms with Gasteiger partial charge in [0, 0.05) is 20.2 Å². The molecule has 15 heavy (non-hydrogen) atoms. The van der Waals surface area contributed by atoms with Crippen LogP contribution in [-0.2, 0) is 9.53 Å². The third kappa shape index (κ3) is 5.11. The van der Waals surface area contributed by atoms with Crippen LogP contribution in [0, 0.1) is 5.92 Å². The largest absolute Gasteiger partial charge is 0.393 e. The first kappa shape index (κ1) is 12.4. The topological polar surface area (TPSA) is 70.6 Å². The third-order valence-electron chi connectivity index (χ3n) is 2.57. The molecule has 0 atom stereocenters. The summed E-state index contributed by atoms with van der Waals surface area (Å²) >= 11 is 0. The Labute approximate surface area is 90.2 Å². The Bertz CT molecular complexity index is 193. The SMILES string of the molecule is COCCNCC(=O)NCC1CC(O)C1. The molecule has 0 aromatic heterocycles. The molecule has 1 saturated carbocycles. The summed E-state index contributed by atoms with van der Waals surface area (Å²) in [6.45, 7) is 2.31. The maximum absolute atomic E-state index is 11.3. The Hall–Kier alpha value is -0.650. The fourth-order valence-electron chi connectivity index (χ4n) is 1.56. The molecule has 3 N–H and O–H groups in total. The number of carbonyl (C=O) groups excluding carboxylic acids is 1. The van der Waals surface area contributed by atoms with Crippen molar-refractivity contribution in [1.82, 2.24) is 10.6 Å². The number of aliphatic hydroxyl groups excluding tert-OH is 1. The highest BCUT2D eigenvalue weighted by atomic mass is 16.5. The van der Waals surface area contributed by atoms with Crippen molar-refractivity contribution in [2.45, 2.75) is 18.9 Å². The van der Waals surface area contributed by atoms with Crippen LogP contribution in [0.15, 0.2) is 0 Å². The van der Waals surface area contributed by atoms with Crippen molar-refractivity contribution >= 4 is 5.91 Å². The maximum Gasteiger partial charge on any atom is 0.233 e. The lowest BCUT2D eigenvalue weighted by Gasteiger charge is -2.31. The van der Waals surface area contributed by atoms with E-state index in [1.54, 1.807) is 7.11 Å². The molecule has 0 aliphatic heterocycles. The second-order valence-electron chi connectivity index (χ2n) is 3.96. The van der Waals surface area contributed by atoms with Gasteiger partial charge in [0.2, 0.25) is 5.91 Å². The number of aliphatic hydroxyl groups is 1. The minimum atomic E-state index is -0.147. The molecule has 88 valence electrons. The molecule has 0 saturated heterocycles. The summed E-state index contributed by atoms with van der Waals surface area (Å²) in [5.74, 6) is 0.468. The molecule has 0 radical (unpaired) electrons. The van der Waals surface area contributed by atoms with Crippen LogP contribution in [0.4, 0.5) is 0 Å². The average molecular weight is 216 g/mol. The summed E-state index contributed by atoms with van der Waals surface area (Å²) in [6, 6.07) is 0. The second-order valence-corrected chi connectivity index (χ2v) is 3.96. The Morgan fingerprint density at radius 1 is 1.53 bits per heavy atom. The normalized spacial score (nSPS) is 24.7. The van der Waals surface area contributed by atoms with Gasteiger partial charge in [0.25, 0.3) is 0 Å². The molecule has 0 bridgehead atoms. The highest BCUT2D eigenvalue weighted by Gasteiger charge is 2.26. The highest BCUT2D eigenvalue weighted by molar-refractivity contribution is 5.77. The van der Waals surface area contributed by atoms with Crippen molar-refractivity contribution in [3.8, 4) is 0 Å². The van der Waals surface area contributed by atoms with Gasteiger partial charge >= 0.3 is 0 Å². The van der Waals surface area contributed by atoms with Gasteiger partial charge in [-0.15, -0.1) is 0 Å². The van der Waals surface area contributed by atoms with E-state index in [2.05, 4.69) is 10.6 Å². The van der Waals surface area contributed by atoms with Gasteiger partial charge in [-0.3, -0.25) is 4.79 Å². The molecule has 5 nitrogen and oxygen atoms in total. The summed E-state index contributed by atoms with van der Waals surface area (Å²) in [7, 11) is 1.63. The molecular weight excluding hydrogens is 196 g/mol. The summed E-state index contributed by atoms with van der Waals surface area (Å²) in [5.41, 5.74) is 0. The van der Waals surface area contributed by atoms with Crippen LogP contribution in [0.2, 0.25) is 0 Å². The minimum absolute atomic E-state index is 0.00694. The van der Waals surface area contributed by atoms with Gasteiger partial charge in [0.15, 0.2) is 0 Å². The van der Waals surface area contributed by atoms with Crippen molar-refractivity contribution in [2.24, 2.45) is 5.92 Å². The number of amides is 1. The number of nitrogens with one attached hydrogen (secondary N) is 2. The van der Waals surface area contributed by atoms with E-state index in [0.29, 0.717) is 32.2 Å². The molecule has 1 amide bonds. The minimum Gasteiger partial charge on any atom is -0.393 e. The number of methoxy groups -OCH3 is 1. The summed E-state index contributed by atoms with van der Waals surface area (Å²) in [5, 5.41) is 14.8. The Balaban J connectivity index is 1.90. The molecule has 1 aliphatic rings. The van der Waals surface area contributed by atoms with Gasteiger partial charge < -0.3 is 20.5 Å². The number of hydrogen-bond donors (Lipinski definition) is 3. The van der Waals surface area contributed by atoms with Crippen LogP contribution in [0.3, 0.4) is 0 Å². The van der Waals surface area contributed by atoms with Gasteiger partial charge in [-0.25, -0.2) is 0 Å². The molecule has 1 fully saturated rings. The molecule has 0 aromatic rings. The summed E-state index contributed by atoms with van der Waals surface area (Å²) < 4.78 is 4.84. The summed E-state index contributed by atoms with van der Waals surface area (Å²) in [6.07, 6.45) is 1.49. The molecule has 0 spiro atoms. The Kier molecular flexibility index (Phi) is 5.60. The molecule has 5 heteroatoms. The first-order valence-corrected chi connectivity index (χ1v) is 5.36. The van der Waals surface area contributed by atoms with Crippen molar-refractivity contribution in [2.75, 3.05) is 33.4 Å². The molecule has 0 aromatic carbocycles. The van der Waals surface area contributed by atoms with Gasteiger partial charge in [-0.2, -0.15) is 0 Å². The molecule has 0 unspecified atom stereocenters. The van der Waals surface area contributed by atoms with Gasteiger partial charge in [-0.05, 0) is 18.8 Å². The van der Waals surface area contributed by atoms with Gasteiger partial charge in [-0.1, -0.05) is 0 Å². The quantitative estimate of drug-likeness (QED) is 0.483. The molecular formula is C10H20N2O3. The molecule has 1 aliphatic carbocycles. The van der Waals surface area contributed by atoms with Crippen LogP contribution >= 0.6 is 0 Å². The van der Waals surface area contributed by atoms with Crippen LogP contribution < -0.4 is 10.6 Å². The Morgan fingerprint density at radius 3 is 2.87 bits per heavy atom. The van der Waals surface area contributed by atoms with Crippen molar-refractivity contribution in [3.63, 3.8) is 0 Å². The predicted molar refractivity (Wildman–Crippen MR) is 56.5 cm³/mol. The van der Waals surface area contributed by atoms with E-state index in [1.807, 2.05) is 0 Å². The zero-order valence-electron chi connectivity index (χ0n) is 9.16. The van der Waals surface area contributed by atoms with Crippen LogP contribution in [0.5, 0.6) is 0 Å². The predicted octanol–water partition coefficient (Wildman–Crippen LogP) is -0.890. The average Bonchev–Trinajstić information content (AvgIpc) is 2.18. The number of ether oxygens (including phenoxy) is 1. The zero-order chi connectivity index (χ0) is 11.1. The van der Waals surface area contributed by atoms with Crippen molar-refractivity contribution < 1.29 is 14.6 Å². The standard InChI is InChI=1S/C10H20N2O3/c1-15-3-2-11-7-10(14)12-6-8-4-9(13)5-8/h8-9,11,13H,2-7H2,1H3,(H,12,14). The smallest absolute Gasteiger partial charge is 0.233 e. The molecule has 1 rings (SSSR count). The zero-order valence-corrected chi connectivity index (χ0v) is 9.16.